The third kappa shape index (κ3) is 36.5. The van der Waals surface area contributed by atoms with Crippen molar-refractivity contribution < 1.29 is 19.8 Å². The molecule has 44 heavy (non-hydrogen) atoms. The molecule has 0 aromatic rings. The second-order valence-electron chi connectivity index (χ2n) is 13.1. The van der Waals surface area contributed by atoms with Gasteiger partial charge in [-0.3, -0.25) is 9.59 Å². The third-order valence-electron chi connectivity index (χ3n) is 8.56. The first kappa shape index (κ1) is 42.3. The van der Waals surface area contributed by atoms with E-state index < -0.39 is 0 Å². The van der Waals surface area contributed by atoms with Crippen molar-refractivity contribution in [2.75, 3.05) is 0 Å². The minimum Gasteiger partial charge on any atom is -0.393 e. The van der Waals surface area contributed by atoms with Crippen molar-refractivity contribution in [3.8, 4) is 0 Å². The van der Waals surface area contributed by atoms with E-state index >= 15 is 0 Å². The van der Waals surface area contributed by atoms with Crippen molar-refractivity contribution in [2.45, 2.75) is 205 Å². The van der Waals surface area contributed by atoms with Crippen molar-refractivity contribution >= 4 is 11.8 Å². The zero-order valence-electron chi connectivity index (χ0n) is 28.5. The normalized spacial score (nSPS) is 13.2. The highest BCUT2D eigenvalue weighted by Crippen LogP contribution is 2.16. The maximum absolute atomic E-state index is 10.7. The van der Waals surface area contributed by atoms with Crippen molar-refractivity contribution in [2.24, 2.45) is 11.5 Å². The van der Waals surface area contributed by atoms with Gasteiger partial charge in [0.15, 0.2) is 0 Å². The van der Waals surface area contributed by atoms with Crippen molar-refractivity contribution in [1.82, 2.24) is 0 Å². The lowest BCUT2D eigenvalue weighted by Gasteiger charge is -2.08. The predicted octanol–water partition coefficient (Wildman–Crippen LogP) is 9.49. The average Bonchev–Trinajstić information content (AvgIpc) is 2.98. The fourth-order valence-electron chi connectivity index (χ4n) is 5.69. The molecule has 0 aromatic carbocycles. The number of hydrogen-bond acceptors (Lipinski definition) is 4. The topological polar surface area (TPSA) is 127 Å². The van der Waals surface area contributed by atoms with E-state index in [9.17, 15) is 19.8 Å². The molecule has 0 rings (SSSR count). The van der Waals surface area contributed by atoms with E-state index in [-0.39, 0.29) is 24.0 Å². The molecule has 0 heterocycles. The number of aliphatic hydroxyl groups is 2. The Labute approximate surface area is 271 Å². The largest absolute Gasteiger partial charge is 0.393 e. The van der Waals surface area contributed by atoms with Crippen molar-refractivity contribution in [3.05, 3.63) is 24.3 Å². The monoisotopic (exact) mass is 621 g/mol. The van der Waals surface area contributed by atoms with E-state index in [2.05, 4.69) is 24.3 Å². The summed E-state index contributed by atoms with van der Waals surface area (Å²) in [4.78, 5) is 21.4. The number of allylic oxidation sites excluding steroid dienone is 2. The molecule has 0 aliphatic heterocycles. The zero-order chi connectivity index (χ0) is 32.4. The van der Waals surface area contributed by atoms with Gasteiger partial charge in [-0.25, -0.2) is 0 Å². The SMILES string of the molecule is NC(=O)CCCCCCC/C=C\C[C@H](O)CCCCCCCCCCCCCC[C@@H](O)C/C=C\CCCCCCCC(N)=O. The van der Waals surface area contributed by atoms with Gasteiger partial charge in [-0.2, -0.15) is 0 Å². The summed E-state index contributed by atoms with van der Waals surface area (Å²) in [7, 11) is 0. The van der Waals surface area contributed by atoms with Crippen LogP contribution in [0.15, 0.2) is 24.3 Å². The summed E-state index contributed by atoms with van der Waals surface area (Å²) < 4.78 is 0. The van der Waals surface area contributed by atoms with E-state index in [1.165, 1.54) is 103 Å². The molecule has 2 amide bonds. The number of unbranched alkanes of at least 4 members (excludes halogenated alkanes) is 21. The van der Waals surface area contributed by atoms with E-state index in [1.807, 2.05) is 0 Å². The summed E-state index contributed by atoms with van der Waals surface area (Å²) in [5.74, 6) is -0.388. The lowest BCUT2D eigenvalue weighted by atomic mass is 10.0. The molecule has 0 aliphatic carbocycles. The Morgan fingerprint density at radius 1 is 0.409 bits per heavy atom. The lowest BCUT2D eigenvalue weighted by molar-refractivity contribution is -0.119. The van der Waals surface area contributed by atoms with Gasteiger partial charge in [0.1, 0.15) is 0 Å². The summed E-state index contributed by atoms with van der Waals surface area (Å²) in [5.41, 5.74) is 10.3. The van der Waals surface area contributed by atoms with Gasteiger partial charge in [-0.15, -0.1) is 0 Å². The molecular formula is C38H72N2O4. The van der Waals surface area contributed by atoms with Crippen LogP contribution in [-0.4, -0.2) is 34.2 Å². The molecule has 0 radical (unpaired) electrons. The van der Waals surface area contributed by atoms with Crippen LogP contribution in [0.2, 0.25) is 0 Å². The first-order valence-electron chi connectivity index (χ1n) is 18.6. The van der Waals surface area contributed by atoms with Crippen LogP contribution in [0.25, 0.3) is 0 Å². The Balaban J connectivity index is 3.31. The van der Waals surface area contributed by atoms with Crippen LogP contribution < -0.4 is 11.5 Å². The number of amides is 2. The fraction of sp³-hybridized carbons (Fsp3) is 0.842. The maximum Gasteiger partial charge on any atom is 0.217 e. The minimum atomic E-state index is -0.195. The van der Waals surface area contributed by atoms with Crippen LogP contribution in [-0.2, 0) is 9.59 Å². The Bertz CT molecular complexity index is 636. The molecule has 0 unspecified atom stereocenters. The van der Waals surface area contributed by atoms with Crippen LogP contribution in [0.3, 0.4) is 0 Å². The van der Waals surface area contributed by atoms with Crippen molar-refractivity contribution in [3.63, 3.8) is 0 Å². The second kappa shape index (κ2) is 34.2. The maximum atomic E-state index is 10.7. The highest BCUT2D eigenvalue weighted by Gasteiger charge is 2.03. The van der Waals surface area contributed by atoms with E-state index in [0.29, 0.717) is 12.8 Å². The number of hydrogen-bond donors (Lipinski definition) is 4. The minimum absolute atomic E-state index is 0.194. The number of primary amides is 2. The third-order valence-corrected chi connectivity index (χ3v) is 8.56. The average molecular weight is 621 g/mol. The Morgan fingerprint density at radius 3 is 1.00 bits per heavy atom. The molecule has 258 valence electrons. The van der Waals surface area contributed by atoms with Gasteiger partial charge in [0.2, 0.25) is 11.8 Å². The van der Waals surface area contributed by atoms with Gasteiger partial charge in [0.25, 0.3) is 0 Å². The number of nitrogens with two attached hydrogens (primary N) is 2. The predicted molar refractivity (Wildman–Crippen MR) is 187 cm³/mol. The molecule has 0 aromatic heterocycles. The van der Waals surface area contributed by atoms with Gasteiger partial charge < -0.3 is 21.7 Å². The Hall–Kier alpha value is -1.66. The number of aliphatic hydroxyl groups excluding tert-OH is 2. The van der Waals surface area contributed by atoms with Crippen LogP contribution in [0, 0.1) is 0 Å². The number of rotatable bonds is 35. The Morgan fingerprint density at radius 2 is 0.682 bits per heavy atom. The van der Waals surface area contributed by atoms with Crippen LogP contribution >= 0.6 is 0 Å². The fourth-order valence-corrected chi connectivity index (χ4v) is 5.69. The van der Waals surface area contributed by atoms with Crippen LogP contribution in [0.5, 0.6) is 0 Å². The van der Waals surface area contributed by atoms with E-state index in [4.69, 9.17) is 11.5 Å². The summed E-state index contributed by atoms with van der Waals surface area (Å²) in [6.07, 6.45) is 41.3. The van der Waals surface area contributed by atoms with Gasteiger partial charge >= 0.3 is 0 Å². The molecule has 0 saturated heterocycles. The van der Waals surface area contributed by atoms with Gasteiger partial charge in [0, 0.05) is 12.8 Å². The molecule has 6 nitrogen and oxygen atoms in total. The number of carbonyl (C=O) groups excluding carboxylic acids is 2. The highest BCUT2D eigenvalue weighted by atomic mass is 16.3. The summed E-state index contributed by atoms with van der Waals surface area (Å²) in [6.45, 7) is 0. The van der Waals surface area contributed by atoms with Crippen LogP contribution in [0.1, 0.15) is 193 Å². The zero-order valence-corrected chi connectivity index (χ0v) is 28.5. The first-order valence-corrected chi connectivity index (χ1v) is 18.6. The summed E-state index contributed by atoms with van der Waals surface area (Å²) >= 11 is 0. The molecule has 0 aliphatic rings. The highest BCUT2D eigenvalue weighted by molar-refractivity contribution is 5.73. The molecule has 6 N–H and O–H groups in total. The Kier molecular flexibility index (Phi) is 32.9. The quantitative estimate of drug-likeness (QED) is 0.0416. The van der Waals surface area contributed by atoms with E-state index in [1.54, 1.807) is 0 Å². The number of carbonyl (C=O) groups is 2. The molecule has 0 fully saturated rings. The first-order chi connectivity index (χ1) is 21.4. The standard InChI is InChI=1S/C38H72N2O4/c39-37(43)33-27-21-15-9-7-13-19-25-31-35(41)29-23-17-11-5-3-1-2-4-6-12-18-24-30-36(42)32-26-20-14-8-10-16-22-28-34-38(40)44/h19-20,25-26,35-36,41-42H,1-18,21-24,27-34H2,(H2,39,43)(H2,40,44)/b25-19-,26-20-/t35-,36-/m1/s1. The smallest absolute Gasteiger partial charge is 0.217 e. The molecule has 0 spiro atoms. The lowest BCUT2D eigenvalue weighted by Crippen LogP contribution is -2.09. The van der Waals surface area contributed by atoms with Crippen LogP contribution in [0.4, 0.5) is 0 Å². The molecule has 2 atom stereocenters. The summed E-state index contributed by atoms with van der Waals surface area (Å²) in [6, 6.07) is 0. The molecule has 6 heteroatoms. The second-order valence-corrected chi connectivity index (χ2v) is 13.1. The molecular weight excluding hydrogens is 548 g/mol. The van der Waals surface area contributed by atoms with Gasteiger partial charge in [-0.1, -0.05) is 140 Å². The van der Waals surface area contributed by atoms with Crippen molar-refractivity contribution in [1.29, 1.82) is 0 Å². The molecule has 0 bridgehead atoms. The van der Waals surface area contributed by atoms with Gasteiger partial charge in [0.05, 0.1) is 12.2 Å². The summed E-state index contributed by atoms with van der Waals surface area (Å²) in [5, 5.41) is 20.4. The van der Waals surface area contributed by atoms with E-state index in [0.717, 1.165) is 77.0 Å². The molecule has 0 saturated carbocycles. The van der Waals surface area contributed by atoms with Gasteiger partial charge in [-0.05, 0) is 64.2 Å².